The van der Waals surface area contributed by atoms with Crippen LogP contribution in [0.4, 0.5) is 0 Å². The van der Waals surface area contributed by atoms with Crippen molar-refractivity contribution in [3.63, 3.8) is 0 Å². The normalized spacial score (nSPS) is 10.9. The Morgan fingerprint density at radius 3 is 2.31 bits per heavy atom. The molecule has 1 aromatic rings. The Morgan fingerprint density at radius 2 is 1.88 bits per heavy atom. The van der Waals surface area contributed by atoms with Crippen molar-refractivity contribution < 1.29 is 4.79 Å². The predicted molar refractivity (Wildman–Crippen MR) is 72.5 cm³/mol. The standard InChI is InChI=1S/C13H20NOP/c1-8(2)10-5-6-11(12(16)7-10)13(15)14-9(3)4/h5-9H,16H2,1-4H3,(H,14,15). The molecule has 2 nitrogen and oxygen atoms in total. The van der Waals surface area contributed by atoms with Crippen molar-refractivity contribution in [3.05, 3.63) is 29.3 Å². The molecule has 0 aromatic heterocycles. The van der Waals surface area contributed by atoms with Crippen LogP contribution >= 0.6 is 9.24 Å². The van der Waals surface area contributed by atoms with Gasteiger partial charge in [0.25, 0.3) is 5.91 Å². The fourth-order valence-corrected chi connectivity index (χ4v) is 1.91. The maximum atomic E-state index is 11.8. The van der Waals surface area contributed by atoms with Gasteiger partial charge in [0.05, 0.1) is 0 Å². The Morgan fingerprint density at radius 1 is 1.25 bits per heavy atom. The third-order valence-corrected chi connectivity index (χ3v) is 2.88. The Bertz CT molecular complexity index is 386. The van der Waals surface area contributed by atoms with Gasteiger partial charge in [-0.2, -0.15) is 0 Å². The molecule has 1 N–H and O–H groups in total. The van der Waals surface area contributed by atoms with Crippen molar-refractivity contribution in [3.8, 4) is 0 Å². The summed E-state index contributed by atoms with van der Waals surface area (Å²) in [4.78, 5) is 11.8. The van der Waals surface area contributed by atoms with Crippen molar-refractivity contribution in [2.24, 2.45) is 0 Å². The minimum absolute atomic E-state index is 0.00435. The highest BCUT2D eigenvalue weighted by molar-refractivity contribution is 7.27. The molecule has 0 aliphatic rings. The van der Waals surface area contributed by atoms with Crippen LogP contribution < -0.4 is 10.6 Å². The Labute approximate surface area is 100 Å². The molecule has 0 saturated carbocycles. The van der Waals surface area contributed by atoms with Crippen LogP contribution in [0.5, 0.6) is 0 Å². The summed E-state index contributed by atoms with van der Waals surface area (Å²) in [6, 6.07) is 6.15. The summed E-state index contributed by atoms with van der Waals surface area (Å²) in [5, 5.41) is 3.86. The van der Waals surface area contributed by atoms with Crippen LogP contribution in [-0.2, 0) is 0 Å². The van der Waals surface area contributed by atoms with Crippen molar-refractivity contribution in [1.82, 2.24) is 5.32 Å². The van der Waals surface area contributed by atoms with E-state index >= 15 is 0 Å². The first-order chi connectivity index (χ1) is 7.41. The molecule has 1 unspecified atom stereocenters. The van der Waals surface area contributed by atoms with Crippen LogP contribution in [0.3, 0.4) is 0 Å². The first-order valence-corrected chi connectivity index (χ1v) is 6.19. The highest BCUT2D eigenvalue weighted by Gasteiger charge is 2.11. The summed E-state index contributed by atoms with van der Waals surface area (Å²) in [5.74, 6) is 0.483. The predicted octanol–water partition coefficient (Wildman–Crippen LogP) is 2.45. The zero-order chi connectivity index (χ0) is 12.3. The van der Waals surface area contributed by atoms with Crippen molar-refractivity contribution >= 4 is 20.5 Å². The second-order valence-electron chi connectivity index (χ2n) is 4.63. The van der Waals surface area contributed by atoms with E-state index in [1.54, 1.807) is 0 Å². The topological polar surface area (TPSA) is 29.1 Å². The van der Waals surface area contributed by atoms with Crippen LogP contribution in [0, 0.1) is 0 Å². The van der Waals surface area contributed by atoms with E-state index in [2.05, 4.69) is 34.5 Å². The smallest absolute Gasteiger partial charge is 0.252 e. The molecule has 0 aliphatic carbocycles. The van der Waals surface area contributed by atoms with Gasteiger partial charge in [-0.15, -0.1) is 9.24 Å². The third-order valence-electron chi connectivity index (χ3n) is 2.41. The van der Waals surface area contributed by atoms with Gasteiger partial charge in [0.1, 0.15) is 0 Å². The first-order valence-electron chi connectivity index (χ1n) is 5.62. The van der Waals surface area contributed by atoms with E-state index in [1.807, 2.05) is 26.0 Å². The van der Waals surface area contributed by atoms with Gasteiger partial charge < -0.3 is 5.32 Å². The monoisotopic (exact) mass is 237 g/mol. The molecule has 0 bridgehead atoms. The van der Waals surface area contributed by atoms with Gasteiger partial charge in [-0.25, -0.2) is 0 Å². The molecular weight excluding hydrogens is 217 g/mol. The summed E-state index contributed by atoms with van der Waals surface area (Å²) >= 11 is 0. The number of hydrogen-bond acceptors (Lipinski definition) is 1. The van der Waals surface area contributed by atoms with E-state index in [0.29, 0.717) is 5.92 Å². The highest BCUT2D eigenvalue weighted by atomic mass is 31.0. The fraction of sp³-hybridized carbons (Fsp3) is 0.462. The van der Waals surface area contributed by atoms with Gasteiger partial charge in [-0.1, -0.05) is 26.0 Å². The van der Waals surface area contributed by atoms with Crippen LogP contribution in [-0.4, -0.2) is 11.9 Å². The van der Waals surface area contributed by atoms with Crippen molar-refractivity contribution in [1.29, 1.82) is 0 Å². The lowest BCUT2D eigenvalue weighted by Crippen LogP contribution is -2.32. The molecular formula is C13H20NOP. The van der Waals surface area contributed by atoms with E-state index in [0.717, 1.165) is 10.9 Å². The number of hydrogen-bond donors (Lipinski definition) is 1. The second kappa shape index (κ2) is 5.45. The molecule has 0 spiro atoms. The zero-order valence-electron chi connectivity index (χ0n) is 10.4. The molecule has 0 saturated heterocycles. The minimum Gasteiger partial charge on any atom is -0.350 e. The number of benzene rings is 1. The average molecular weight is 237 g/mol. The Hall–Kier alpha value is -0.880. The minimum atomic E-state index is -0.00435. The summed E-state index contributed by atoms with van der Waals surface area (Å²) in [7, 11) is 2.64. The number of nitrogens with one attached hydrogen (secondary N) is 1. The molecule has 88 valence electrons. The zero-order valence-corrected chi connectivity index (χ0v) is 11.5. The largest absolute Gasteiger partial charge is 0.350 e. The van der Waals surface area contributed by atoms with Crippen LogP contribution in [0.1, 0.15) is 49.5 Å². The van der Waals surface area contributed by atoms with E-state index in [1.165, 1.54) is 5.56 Å². The van der Waals surface area contributed by atoms with Gasteiger partial charge in [0.2, 0.25) is 0 Å². The molecule has 1 amide bonds. The third kappa shape index (κ3) is 3.31. The van der Waals surface area contributed by atoms with Gasteiger partial charge in [0, 0.05) is 11.6 Å². The van der Waals surface area contributed by atoms with Crippen LogP contribution in [0.15, 0.2) is 18.2 Å². The Kier molecular flexibility index (Phi) is 4.49. The average Bonchev–Trinajstić information content (AvgIpc) is 2.15. The lowest BCUT2D eigenvalue weighted by Gasteiger charge is -2.12. The van der Waals surface area contributed by atoms with Crippen molar-refractivity contribution in [2.75, 3.05) is 0 Å². The summed E-state index contributed by atoms with van der Waals surface area (Å²) in [5.41, 5.74) is 1.99. The number of amides is 1. The molecule has 16 heavy (non-hydrogen) atoms. The van der Waals surface area contributed by atoms with Crippen molar-refractivity contribution in [2.45, 2.75) is 39.7 Å². The SMILES string of the molecule is CC(C)NC(=O)c1ccc(C(C)C)cc1P. The maximum absolute atomic E-state index is 11.8. The molecule has 3 heteroatoms. The molecule has 0 aliphatic heterocycles. The molecule has 0 radical (unpaired) electrons. The number of rotatable bonds is 3. The molecule has 1 rings (SSSR count). The van der Waals surface area contributed by atoms with E-state index < -0.39 is 0 Å². The number of carbonyl (C=O) groups is 1. The van der Waals surface area contributed by atoms with Gasteiger partial charge in [0.15, 0.2) is 0 Å². The van der Waals surface area contributed by atoms with Crippen LogP contribution in [0.25, 0.3) is 0 Å². The summed E-state index contributed by atoms with van der Waals surface area (Å²) in [6.45, 7) is 8.21. The fourth-order valence-electron chi connectivity index (χ4n) is 1.49. The van der Waals surface area contributed by atoms with Crippen LogP contribution in [0.2, 0.25) is 0 Å². The number of carbonyl (C=O) groups excluding carboxylic acids is 1. The molecule has 1 aromatic carbocycles. The summed E-state index contributed by atoms with van der Waals surface area (Å²) < 4.78 is 0. The van der Waals surface area contributed by atoms with Gasteiger partial charge in [-0.3, -0.25) is 4.79 Å². The Balaban J connectivity index is 2.95. The quantitative estimate of drug-likeness (QED) is 0.804. The second-order valence-corrected chi connectivity index (χ2v) is 5.25. The van der Waals surface area contributed by atoms with Gasteiger partial charge >= 0.3 is 0 Å². The maximum Gasteiger partial charge on any atom is 0.252 e. The van der Waals surface area contributed by atoms with E-state index in [4.69, 9.17) is 0 Å². The highest BCUT2D eigenvalue weighted by Crippen LogP contribution is 2.15. The lowest BCUT2D eigenvalue weighted by molar-refractivity contribution is 0.0944. The van der Waals surface area contributed by atoms with Gasteiger partial charge in [-0.05, 0) is 36.7 Å². The molecule has 0 fully saturated rings. The molecule has 1 atom stereocenters. The van der Waals surface area contributed by atoms with E-state index in [-0.39, 0.29) is 11.9 Å². The lowest BCUT2D eigenvalue weighted by atomic mass is 10.0. The summed E-state index contributed by atoms with van der Waals surface area (Å²) in [6.07, 6.45) is 0. The first kappa shape index (κ1) is 13.2. The molecule has 0 heterocycles. The van der Waals surface area contributed by atoms with E-state index in [9.17, 15) is 4.79 Å².